The van der Waals surface area contributed by atoms with Crippen molar-refractivity contribution in [2.24, 2.45) is 0 Å². The molecule has 0 spiro atoms. The lowest BCUT2D eigenvalue weighted by Crippen LogP contribution is -2.07. The Labute approximate surface area is 120 Å². The van der Waals surface area contributed by atoms with Crippen LogP contribution < -0.4 is 0 Å². The highest BCUT2D eigenvalue weighted by Gasteiger charge is 2.32. The average Bonchev–Trinajstić information content (AvgIpc) is 2.75. The molecule has 3 nitrogen and oxygen atoms in total. The molecule has 1 aromatic carbocycles. The first-order valence-corrected chi connectivity index (χ1v) is 6.84. The molecule has 1 aromatic heterocycles. The van der Waals surface area contributed by atoms with Gasteiger partial charge in [0.15, 0.2) is 0 Å². The van der Waals surface area contributed by atoms with Crippen molar-refractivity contribution in [1.29, 1.82) is 0 Å². The van der Waals surface area contributed by atoms with Crippen LogP contribution in [0, 0.1) is 0 Å². The third-order valence-corrected chi connectivity index (χ3v) is 3.41. The van der Waals surface area contributed by atoms with E-state index in [1.807, 2.05) is 0 Å². The van der Waals surface area contributed by atoms with Crippen LogP contribution in [0.25, 0.3) is 5.69 Å². The van der Waals surface area contributed by atoms with Gasteiger partial charge in [-0.25, -0.2) is 0 Å². The Morgan fingerprint density at radius 3 is 2.21 bits per heavy atom. The zero-order chi connectivity index (χ0) is 14.2. The van der Waals surface area contributed by atoms with Crippen molar-refractivity contribution in [2.45, 2.75) is 11.2 Å². The van der Waals surface area contributed by atoms with Gasteiger partial charge in [-0.3, -0.25) is 0 Å². The maximum Gasteiger partial charge on any atom is 0.416 e. The molecule has 9 heteroatoms. The molecule has 0 aliphatic heterocycles. The molecule has 0 saturated carbocycles. The molecule has 0 aliphatic rings. The summed E-state index contributed by atoms with van der Waals surface area (Å²) in [6, 6.07) is 1.59. The zero-order valence-corrected chi connectivity index (χ0v) is 11.7. The summed E-state index contributed by atoms with van der Waals surface area (Å²) in [4.78, 5) is 1.11. The van der Waals surface area contributed by atoms with E-state index >= 15 is 0 Å². The Kier molecular flexibility index (Phi) is 3.98. The van der Waals surface area contributed by atoms with Gasteiger partial charge in [0.2, 0.25) is 0 Å². The first-order chi connectivity index (χ1) is 8.82. The van der Waals surface area contributed by atoms with Gasteiger partial charge in [0.1, 0.15) is 10.7 Å². The predicted molar refractivity (Wildman–Crippen MR) is 68.2 cm³/mol. The number of benzene rings is 1. The Bertz CT molecular complexity index is 589. The molecule has 0 fully saturated rings. The number of halogens is 5. The number of aromatic nitrogens is 3. The van der Waals surface area contributed by atoms with Crippen LogP contribution in [0.4, 0.5) is 13.2 Å². The highest BCUT2D eigenvalue weighted by molar-refractivity contribution is 7.98. The summed E-state index contributed by atoms with van der Waals surface area (Å²) in [5.74, 6) is 0. The number of nitrogens with zero attached hydrogens (tertiary/aromatic N) is 3. The summed E-state index contributed by atoms with van der Waals surface area (Å²) in [5, 5.41) is 8.21. The maximum atomic E-state index is 12.6. The SMILES string of the molecule is CSc1cnn(-c2c(Cl)cc(C(F)(F)F)cc2Cl)n1. The van der Waals surface area contributed by atoms with Crippen molar-refractivity contribution in [3.05, 3.63) is 33.9 Å². The Hall–Kier alpha value is -0.920. The minimum Gasteiger partial charge on any atom is -0.166 e. The molecular formula is C10H6Cl2F3N3S. The number of hydrogen-bond donors (Lipinski definition) is 0. The van der Waals surface area contributed by atoms with Crippen LogP contribution >= 0.6 is 35.0 Å². The molecule has 0 N–H and O–H groups in total. The highest BCUT2D eigenvalue weighted by atomic mass is 35.5. The van der Waals surface area contributed by atoms with Crippen LogP contribution in [-0.4, -0.2) is 21.2 Å². The van der Waals surface area contributed by atoms with Gasteiger partial charge in [0, 0.05) is 0 Å². The Morgan fingerprint density at radius 1 is 1.21 bits per heavy atom. The van der Waals surface area contributed by atoms with E-state index in [0.717, 1.165) is 16.9 Å². The van der Waals surface area contributed by atoms with Crippen LogP contribution in [0.15, 0.2) is 23.4 Å². The van der Waals surface area contributed by atoms with Crippen molar-refractivity contribution in [1.82, 2.24) is 15.0 Å². The molecular weight excluding hydrogens is 322 g/mol. The van der Waals surface area contributed by atoms with Gasteiger partial charge in [-0.1, -0.05) is 23.2 Å². The summed E-state index contributed by atoms with van der Waals surface area (Å²) in [6.45, 7) is 0. The number of rotatable bonds is 2. The lowest BCUT2D eigenvalue weighted by atomic mass is 10.2. The van der Waals surface area contributed by atoms with Crippen LogP contribution in [0.1, 0.15) is 5.56 Å². The molecule has 0 atom stereocenters. The smallest absolute Gasteiger partial charge is 0.166 e. The van der Waals surface area contributed by atoms with Crippen molar-refractivity contribution >= 4 is 35.0 Å². The van der Waals surface area contributed by atoms with E-state index in [4.69, 9.17) is 23.2 Å². The van der Waals surface area contributed by atoms with E-state index in [-0.39, 0.29) is 15.7 Å². The second-order valence-corrected chi connectivity index (χ2v) is 5.10. The quantitative estimate of drug-likeness (QED) is 0.770. The standard InChI is InChI=1S/C10H6Cl2F3N3S/c1-19-8-4-16-18(17-8)9-6(11)2-5(3-7(9)12)10(13,14)15/h2-4H,1H3. The largest absolute Gasteiger partial charge is 0.416 e. The van der Waals surface area contributed by atoms with Gasteiger partial charge in [-0.15, -0.1) is 21.7 Å². The van der Waals surface area contributed by atoms with E-state index < -0.39 is 11.7 Å². The van der Waals surface area contributed by atoms with Gasteiger partial charge in [0.05, 0.1) is 21.8 Å². The van der Waals surface area contributed by atoms with E-state index in [1.54, 1.807) is 6.26 Å². The molecule has 19 heavy (non-hydrogen) atoms. The van der Waals surface area contributed by atoms with Crippen molar-refractivity contribution in [2.75, 3.05) is 6.26 Å². The lowest BCUT2D eigenvalue weighted by molar-refractivity contribution is -0.137. The normalized spacial score (nSPS) is 11.9. The van der Waals surface area contributed by atoms with Crippen molar-refractivity contribution < 1.29 is 13.2 Å². The minimum absolute atomic E-state index is 0.122. The van der Waals surface area contributed by atoms with Gasteiger partial charge < -0.3 is 0 Å². The van der Waals surface area contributed by atoms with Crippen LogP contribution in [0.5, 0.6) is 0 Å². The van der Waals surface area contributed by atoms with E-state index in [1.165, 1.54) is 18.0 Å². The number of alkyl halides is 3. The van der Waals surface area contributed by atoms with Gasteiger partial charge in [-0.2, -0.15) is 18.3 Å². The van der Waals surface area contributed by atoms with Gasteiger partial charge in [-0.05, 0) is 18.4 Å². The molecule has 102 valence electrons. The fourth-order valence-electron chi connectivity index (χ4n) is 1.37. The van der Waals surface area contributed by atoms with Gasteiger partial charge >= 0.3 is 6.18 Å². The lowest BCUT2D eigenvalue weighted by Gasteiger charge is -2.11. The fourth-order valence-corrected chi connectivity index (χ4v) is 2.32. The second-order valence-electron chi connectivity index (χ2n) is 3.46. The molecule has 0 bridgehead atoms. The molecule has 0 unspecified atom stereocenters. The topological polar surface area (TPSA) is 30.7 Å². The molecule has 0 saturated heterocycles. The first-order valence-electron chi connectivity index (χ1n) is 4.86. The molecule has 2 aromatic rings. The maximum absolute atomic E-state index is 12.6. The van der Waals surface area contributed by atoms with Crippen LogP contribution in [-0.2, 0) is 6.18 Å². The second kappa shape index (κ2) is 5.22. The number of hydrogen-bond acceptors (Lipinski definition) is 3. The molecule has 0 aliphatic carbocycles. The van der Waals surface area contributed by atoms with E-state index in [2.05, 4.69) is 10.2 Å². The van der Waals surface area contributed by atoms with Crippen LogP contribution in [0.3, 0.4) is 0 Å². The minimum atomic E-state index is -4.51. The third-order valence-electron chi connectivity index (χ3n) is 2.22. The van der Waals surface area contributed by atoms with Crippen molar-refractivity contribution in [3.8, 4) is 5.69 Å². The predicted octanol–water partition coefficient (Wildman–Crippen LogP) is 4.31. The summed E-state index contributed by atoms with van der Waals surface area (Å²) in [5.41, 5.74) is -0.792. The zero-order valence-electron chi connectivity index (χ0n) is 9.37. The molecule has 2 rings (SSSR count). The van der Waals surface area contributed by atoms with Crippen LogP contribution in [0.2, 0.25) is 10.0 Å². The monoisotopic (exact) mass is 327 g/mol. The summed E-state index contributed by atoms with van der Waals surface area (Å²) >= 11 is 13.0. The summed E-state index contributed by atoms with van der Waals surface area (Å²) in [7, 11) is 0. The molecule has 1 heterocycles. The van der Waals surface area contributed by atoms with Crippen molar-refractivity contribution in [3.63, 3.8) is 0 Å². The first kappa shape index (κ1) is 14.5. The highest BCUT2D eigenvalue weighted by Crippen LogP contribution is 2.37. The summed E-state index contributed by atoms with van der Waals surface area (Å²) < 4.78 is 37.7. The van der Waals surface area contributed by atoms with E-state index in [9.17, 15) is 13.2 Å². The summed E-state index contributed by atoms with van der Waals surface area (Å²) in [6.07, 6.45) is -1.24. The fraction of sp³-hybridized carbons (Fsp3) is 0.200. The number of thioether (sulfide) groups is 1. The molecule has 0 radical (unpaired) electrons. The Balaban J connectivity index is 2.53. The Morgan fingerprint density at radius 2 is 1.79 bits per heavy atom. The third kappa shape index (κ3) is 2.98. The molecule has 0 amide bonds. The average molecular weight is 328 g/mol. The van der Waals surface area contributed by atoms with Gasteiger partial charge in [0.25, 0.3) is 0 Å². The van der Waals surface area contributed by atoms with E-state index in [0.29, 0.717) is 5.03 Å².